The molecule has 0 bridgehead atoms. The molecule has 0 spiro atoms. The van der Waals surface area contributed by atoms with Crippen molar-refractivity contribution in [2.24, 2.45) is 0 Å². The summed E-state index contributed by atoms with van der Waals surface area (Å²) in [5.74, 6) is 0.234. The van der Waals surface area contributed by atoms with Gasteiger partial charge in [-0.3, -0.25) is 4.79 Å². The van der Waals surface area contributed by atoms with Gasteiger partial charge in [0, 0.05) is 12.8 Å². The van der Waals surface area contributed by atoms with Crippen LogP contribution in [0, 0.1) is 0 Å². The maximum atomic E-state index is 10.9. The molecule has 0 saturated heterocycles. The molecule has 0 fully saturated rings. The van der Waals surface area contributed by atoms with Crippen LogP contribution in [0.2, 0.25) is 0 Å². The lowest BCUT2D eigenvalue weighted by Gasteiger charge is -1.96. The quantitative estimate of drug-likeness (QED) is 0.590. The van der Waals surface area contributed by atoms with Gasteiger partial charge in [0.15, 0.2) is 0 Å². The van der Waals surface area contributed by atoms with E-state index in [1.54, 1.807) is 18.2 Å². The van der Waals surface area contributed by atoms with Crippen molar-refractivity contribution >= 4 is 5.78 Å². The molecule has 0 aliphatic heterocycles. The summed E-state index contributed by atoms with van der Waals surface area (Å²) in [5, 5.41) is 0. The fourth-order valence-electron chi connectivity index (χ4n) is 0.703. The van der Waals surface area contributed by atoms with E-state index in [1.165, 1.54) is 0 Å². The van der Waals surface area contributed by atoms with Crippen molar-refractivity contribution < 1.29 is 4.79 Å². The molecule has 0 aromatic heterocycles. The zero-order valence-electron chi connectivity index (χ0n) is 8.97. The zero-order chi connectivity index (χ0) is 10.7. The summed E-state index contributed by atoms with van der Waals surface area (Å²) >= 11 is 0. The summed E-state index contributed by atoms with van der Waals surface area (Å²) in [6.45, 7) is 13.0. The Labute approximate surface area is 81.9 Å². The van der Waals surface area contributed by atoms with Crippen molar-refractivity contribution in [1.82, 2.24) is 0 Å². The molecule has 0 amide bonds. The van der Waals surface area contributed by atoms with Gasteiger partial charge in [-0.2, -0.15) is 0 Å². The zero-order valence-corrected chi connectivity index (χ0v) is 8.97. The van der Waals surface area contributed by atoms with Crippen molar-refractivity contribution in [3.05, 3.63) is 37.0 Å². The first-order valence-electron chi connectivity index (χ1n) is 4.70. The third-order valence-corrected chi connectivity index (χ3v) is 1.39. The van der Waals surface area contributed by atoms with Crippen molar-refractivity contribution in [2.75, 3.05) is 0 Å². The second-order valence-electron chi connectivity index (χ2n) is 2.25. The molecule has 0 aromatic carbocycles. The highest BCUT2D eigenvalue weighted by Gasteiger charge is 1.98. The number of hydrogen-bond acceptors (Lipinski definition) is 1. The average Bonchev–Trinajstić information content (AvgIpc) is 2.20. The van der Waals surface area contributed by atoms with Gasteiger partial charge in [0.2, 0.25) is 0 Å². The normalized spacial score (nSPS) is 9.62. The van der Waals surface area contributed by atoms with E-state index in [0.29, 0.717) is 12.8 Å². The van der Waals surface area contributed by atoms with Gasteiger partial charge < -0.3 is 0 Å². The number of carbonyl (C=O) groups is 1. The predicted octanol–water partition coefficient (Wildman–Crippen LogP) is 3.68. The van der Waals surface area contributed by atoms with E-state index in [4.69, 9.17) is 0 Å². The van der Waals surface area contributed by atoms with Crippen LogP contribution in [0.5, 0.6) is 0 Å². The summed E-state index contributed by atoms with van der Waals surface area (Å²) < 4.78 is 0. The number of ketones is 1. The number of hydrogen-bond donors (Lipinski definition) is 0. The lowest BCUT2D eigenvalue weighted by molar-refractivity contribution is -0.118. The maximum Gasteiger partial charge on any atom is 0.136 e. The summed E-state index contributed by atoms with van der Waals surface area (Å²) in [6.07, 6.45) is 6.23. The van der Waals surface area contributed by atoms with Crippen LogP contribution >= 0.6 is 0 Å². The van der Waals surface area contributed by atoms with Crippen LogP contribution in [0.1, 0.15) is 33.6 Å². The minimum atomic E-state index is 0.234. The van der Waals surface area contributed by atoms with E-state index in [2.05, 4.69) is 13.2 Å². The van der Waals surface area contributed by atoms with Gasteiger partial charge in [-0.05, 0) is 5.57 Å². The molecular formula is C12H20O. The van der Waals surface area contributed by atoms with E-state index < -0.39 is 0 Å². The first kappa shape index (κ1) is 14.4. The van der Waals surface area contributed by atoms with Gasteiger partial charge in [0.1, 0.15) is 5.78 Å². The Morgan fingerprint density at radius 3 is 2.15 bits per heavy atom. The van der Waals surface area contributed by atoms with Crippen LogP contribution in [0.4, 0.5) is 0 Å². The predicted molar refractivity (Wildman–Crippen MR) is 59.7 cm³/mol. The standard InChI is InChI=1S/C10H14O.C2H6/c1-4-7-9(5-2)8-10(11)6-3;1-2/h4-5,7H,1-2,6,8H2,3H3;1-2H3/b9-7+;. The van der Waals surface area contributed by atoms with E-state index in [-0.39, 0.29) is 5.78 Å². The fourth-order valence-corrected chi connectivity index (χ4v) is 0.703. The Morgan fingerprint density at radius 1 is 1.31 bits per heavy atom. The Balaban J connectivity index is 0. The topological polar surface area (TPSA) is 17.1 Å². The molecule has 0 aromatic rings. The molecule has 13 heavy (non-hydrogen) atoms. The SMILES string of the molecule is C=C/C=C(\C=C)CC(=O)CC.CC. The number of rotatable bonds is 5. The van der Waals surface area contributed by atoms with Crippen LogP contribution in [-0.2, 0) is 4.79 Å². The summed E-state index contributed by atoms with van der Waals surface area (Å²) in [5.41, 5.74) is 0.937. The summed E-state index contributed by atoms with van der Waals surface area (Å²) in [4.78, 5) is 10.9. The van der Waals surface area contributed by atoms with Gasteiger partial charge in [-0.25, -0.2) is 0 Å². The van der Waals surface area contributed by atoms with Crippen molar-refractivity contribution in [1.29, 1.82) is 0 Å². The smallest absolute Gasteiger partial charge is 0.136 e. The maximum absolute atomic E-state index is 10.9. The summed E-state index contributed by atoms with van der Waals surface area (Å²) in [7, 11) is 0. The molecule has 0 saturated carbocycles. The highest BCUT2D eigenvalue weighted by Crippen LogP contribution is 2.04. The third-order valence-electron chi connectivity index (χ3n) is 1.39. The van der Waals surface area contributed by atoms with Crippen molar-refractivity contribution in [3.63, 3.8) is 0 Å². The molecule has 0 heterocycles. The molecular weight excluding hydrogens is 160 g/mol. The molecule has 1 nitrogen and oxygen atoms in total. The Hall–Kier alpha value is -1.11. The van der Waals surface area contributed by atoms with E-state index >= 15 is 0 Å². The molecule has 0 N–H and O–H groups in total. The minimum absolute atomic E-state index is 0.234. The third kappa shape index (κ3) is 8.80. The fraction of sp³-hybridized carbons (Fsp3) is 0.417. The van der Waals surface area contributed by atoms with Crippen LogP contribution in [-0.4, -0.2) is 5.78 Å². The lowest BCUT2D eigenvalue weighted by atomic mass is 10.1. The first-order chi connectivity index (χ1) is 6.24. The second kappa shape index (κ2) is 10.9. The molecule has 0 radical (unpaired) electrons. The Morgan fingerprint density at radius 2 is 1.85 bits per heavy atom. The molecule has 1 heteroatoms. The van der Waals surface area contributed by atoms with Gasteiger partial charge in [0.05, 0.1) is 0 Å². The molecule has 0 unspecified atom stereocenters. The number of allylic oxidation sites excluding steroid dienone is 4. The van der Waals surface area contributed by atoms with Gasteiger partial charge in [-0.1, -0.05) is 52.2 Å². The number of Topliss-reactive ketones (excluding diaryl/α,β-unsaturated/α-hetero) is 1. The van der Waals surface area contributed by atoms with E-state index in [0.717, 1.165) is 5.57 Å². The largest absolute Gasteiger partial charge is 0.299 e. The second-order valence-corrected chi connectivity index (χ2v) is 2.25. The van der Waals surface area contributed by atoms with Gasteiger partial charge in [0.25, 0.3) is 0 Å². The van der Waals surface area contributed by atoms with E-state index in [9.17, 15) is 4.79 Å². The van der Waals surface area contributed by atoms with Gasteiger partial charge >= 0.3 is 0 Å². The van der Waals surface area contributed by atoms with Gasteiger partial charge in [-0.15, -0.1) is 0 Å². The minimum Gasteiger partial charge on any atom is -0.299 e. The monoisotopic (exact) mass is 180 g/mol. The Kier molecular flexibility index (Phi) is 12.1. The van der Waals surface area contributed by atoms with Crippen LogP contribution < -0.4 is 0 Å². The summed E-state index contributed by atoms with van der Waals surface area (Å²) in [6, 6.07) is 0. The lowest BCUT2D eigenvalue weighted by Crippen LogP contribution is -1.95. The van der Waals surface area contributed by atoms with Crippen LogP contribution in [0.15, 0.2) is 37.0 Å². The molecule has 0 aliphatic carbocycles. The Bertz CT molecular complexity index is 187. The number of carbonyl (C=O) groups excluding carboxylic acids is 1. The van der Waals surface area contributed by atoms with Crippen molar-refractivity contribution in [2.45, 2.75) is 33.6 Å². The van der Waals surface area contributed by atoms with E-state index in [1.807, 2.05) is 20.8 Å². The molecule has 0 atom stereocenters. The molecule has 0 rings (SSSR count). The van der Waals surface area contributed by atoms with Crippen molar-refractivity contribution in [3.8, 4) is 0 Å². The average molecular weight is 180 g/mol. The first-order valence-corrected chi connectivity index (χ1v) is 4.70. The van der Waals surface area contributed by atoms with Crippen LogP contribution in [0.25, 0.3) is 0 Å². The molecule has 0 aliphatic rings. The highest BCUT2D eigenvalue weighted by molar-refractivity contribution is 5.81. The highest BCUT2D eigenvalue weighted by atomic mass is 16.1. The molecule has 74 valence electrons. The van der Waals surface area contributed by atoms with Crippen LogP contribution in [0.3, 0.4) is 0 Å².